The zero-order chi connectivity index (χ0) is 19.8. The lowest BCUT2D eigenvalue weighted by atomic mass is 9.97. The van der Waals surface area contributed by atoms with E-state index in [9.17, 15) is 22.4 Å². The van der Waals surface area contributed by atoms with Crippen LogP contribution >= 0.6 is 11.3 Å². The van der Waals surface area contributed by atoms with Gasteiger partial charge in [-0.2, -0.15) is 0 Å². The minimum absolute atomic E-state index is 0.101. The van der Waals surface area contributed by atoms with Gasteiger partial charge in [0.15, 0.2) is 28.4 Å². The van der Waals surface area contributed by atoms with Crippen LogP contribution in [0.25, 0.3) is 10.3 Å². The van der Waals surface area contributed by atoms with E-state index in [1.165, 1.54) is 11.3 Å². The van der Waals surface area contributed by atoms with E-state index in [1.54, 1.807) is 12.3 Å². The topological polar surface area (TPSA) is 58.1 Å². The third-order valence-corrected chi connectivity index (χ3v) is 5.62. The highest BCUT2D eigenvalue weighted by Gasteiger charge is 2.30. The molecule has 5 nitrogen and oxygen atoms in total. The second-order valence-electron chi connectivity index (χ2n) is 6.44. The first-order chi connectivity index (χ1) is 13.4. The number of nitrogens with zero attached hydrogens (tertiary/aromatic N) is 3. The van der Waals surface area contributed by atoms with Crippen LogP contribution < -0.4 is 10.2 Å². The first-order valence-corrected chi connectivity index (χ1v) is 9.36. The van der Waals surface area contributed by atoms with Crippen LogP contribution in [0.2, 0.25) is 0 Å². The number of amides is 1. The summed E-state index contributed by atoms with van der Waals surface area (Å²) in [6.45, 7) is 0.938. The lowest BCUT2D eigenvalue weighted by Crippen LogP contribution is -2.41. The van der Waals surface area contributed by atoms with E-state index in [1.807, 2.05) is 16.3 Å². The molecule has 1 aliphatic rings. The lowest BCUT2D eigenvalue weighted by molar-refractivity contribution is -0.120. The van der Waals surface area contributed by atoms with Crippen molar-refractivity contribution in [3.05, 3.63) is 47.7 Å². The highest BCUT2D eigenvalue weighted by molar-refractivity contribution is 7.21. The first kappa shape index (κ1) is 18.6. The van der Waals surface area contributed by atoms with Gasteiger partial charge in [-0.3, -0.25) is 4.79 Å². The molecule has 28 heavy (non-hydrogen) atoms. The van der Waals surface area contributed by atoms with Crippen molar-refractivity contribution in [2.24, 2.45) is 5.92 Å². The highest BCUT2D eigenvalue weighted by Crippen LogP contribution is 2.31. The standard InChI is InChI=1S/C18H14F4N4OS/c19-10-7-11(20)14(22)15(13(10)21)25-16(27)9-3-2-6-26(8-9)18-24-12-4-1-5-23-17(12)28-18/h1,4-5,7,9H,2-3,6,8H2,(H,25,27)/t9-/m0/s1. The number of anilines is 2. The van der Waals surface area contributed by atoms with Crippen LogP contribution in [-0.2, 0) is 4.79 Å². The number of carbonyl (C=O) groups excluding carboxylic acids is 1. The van der Waals surface area contributed by atoms with Crippen LogP contribution in [0, 0.1) is 29.2 Å². The van der Waals surface area contributed by atoms with Crippen LogP contribution in [0.4, 0.5) is 28.4 Å². The average molecular weight is 410 g/mol. The molecule has 10 heteroatoms. The smallest absolute Gasteiger partial charge is 0.229 e. The fourth-order valence-electron chi connectivity index (χ4n) is 3.17. The van der Waals surface area contributed by atoms with Crippen LogP contribution in [0.1, 0.15) is 12.8 Å². The number of pyridine rings is 1. The summed E-state index contributed by atoms with van der Waals surface area (Å²) in [4.78, 5) is 23.9. The summed E-state index contributed by atoms with van der Waals surface area (Å²) in [7, 11) is 0. The molecule has 0 saturated carbocycles. The fourth-order valence-corrected chi connectivity index (χ4v) is 4.11. The van der Waals surface area contributed by atoms with Gasteiger partial charge in [-0.1, -0.05) is 11.3 Å². The molecule has 3 heterocycles. The summed E-state index contributed by atoms with van der Waals surface area (Å²) in [6.07, 6.45) is 2.80. The molecule has 0 radical (unpaired) electrons. The number of hydrogen-bond donors (Lipinski definition) is 1. The summed E-state index contributed by atoms with van der Waals surface area (Å²) in [6, 6.07) is 3.71. The maximum absolute atomic E-state index is 13.8. The molecular formula is C18H14F4N4OS. The van der Waals surface area contributed by atoms with E-state index in [0.717, 1.165) is 10.3 Å². The summed E-state index contributed by atoms with van der Waals surface area (Å²) in [5, 5.41) is 2.70. The van der Waals surface area contributed by atoms with Gasteiger partial charge < -0.3 is 10.2 Å². The molecule has 3 aromatic rings. The van der Waals surface area contributed by atoms with Gasteiger partial charge in [0.1, 0.15) is 16.0 Å². The number of aromatic nitrogens is 2. The van der Waals surface area contributed by atoms with Crippen molar-refractivity contribution in [3.8, 4) is 0 Å². The van der Waals surface area contributed by atoms with E-state index >= 15 is 0 Å². The predicted octanol–water partition coefficient (Wildman–Crippen LogP) is 4.10. The summed E-state index contributed by atoms with van der Waals surface area (Å²) < 4.78 is 54.3. The molecule has 1 fully saturated rings. The van der Waals surface area contributed by atoms with Crippen LogP contribution in [0.5, 0.6) is 0 Å². The van der Waals surface area contributed by atoms with Crippen molar-refractivity contribution < 1.29 is 22.4 Å². The zero-order valence-electron chi connectivity index (χ0n) is 14.4. The molecular weight excluding hydrogens is 396 g/mol. The maximum Gasteiger partial charge on any atom is 0.229 e. The monoisotopic (exact) mass is 410 g/mol. The largest absolute Gasteiger partial charge is 0.347 e. The Kier molecular flexibility index (Phi) is 4.88. The molecule has 4 rings (SSSR count). The Morgan fingerprint density at radius 1 is 1.21 bits per heavy atom. The molecule has 1 aliphatic heterocycles. The molecule has 1 atom stereocenters. The Balaban J connectivity index is 1.53. The minimum atomic E-state index is -1.63. The van der Waals surface area contributed by atoms with Gasteiger partial charge in [0.05, 0.1) is 5.92 Å². The first-order valence-electron chi connectivity index (χ1n) is 8.54. The summed E-state index contributed by atoms with van der Waals surface area (Å²) >= 11 is 1.38. The van der Waals surface area contributed by atoms with Crippen molar-refractivity contribution in [2.75, 3.05) is 23.3 Å². The molecule has 0 bridgehead atoms. The van der Waals surface area contributed by atoms with Gasteiger partial charge in [-0.15, -0.1) is 0 Å². The second-order valence-corrected chi connectivity index (χ2v) is 7.40. The number of carbonyl (C=O) groups is 1. The Morgan fingerprint density at radius 3 is 2.68 bits per heavy atom. The van der Waals surface area contributed by atoms with Gasteiger partial charge in [0.2, 0.25) is 5.91 Å². The van der Waals surface area contributed by atoms with E-state index < -0.39 is 40.8 Å². The fraction of sp³-hybridized carbons (Fsp3) is 0.278. The van der Waals surface area contributed by atoms with E-state index in [-0.39, 0.29) is 12.6 Å². The van der Waals surface area contributed by atoms with E-state index in [0.29, 0.717) is 24.5 Å². The van der Waals surface area contributed by atoms with Gasteiger partial charge >= 0.3 is 0 Å². The number of piperidine rings is 1. The van der Waals surface area contributed by atoms with Crippen molar-refractivity contribution in [1.82, 2.24) is 9.97 Å². The number of thiazole rings is 1. The number of benzene rings is 1. The summed E-state index contributed by atoms with van der Waals surface area (Å²) in [5.74, 6) is -7.71. The summed E-state index contributed by atoms with van der Waals surface area (Å²) in [5.41, 5.74) is -0.364. The lowest BCUT2D eigenvalue weighted by Gasteiger charge is -2.31. The Morgan fingerprint density at radius 2 is 1.96 bits per heavy atom. The number of rotatable bonds is 3. The van der Waals surface area contributed by atoms with E-state index in [4.69, 9.17) is 0 Å². The molecule has 1 saturated heterocycles. The average Bonchev–Trinajstić information content (AvgIpc) is 3.14. The molecule has 1 N–H and O–H groups in total. The van der Waals surface area contributed by atoms with Crippen LogP contribution in [0.3, 0.4) is 0 Å². The maximum atomic E-state index is 13.8. The van der Waals surface area contributed by atoms with Gasteiger partial charge in [-0.05, 0) is 25.0 Å². The number of halogens is 4. The molecule has 0 spiro atoms. The molecule has 1 aromatic carbocycles. The van der Waals surface area contributed by atoms with Gasteiger partial charge in [-0.25, -0.2) is 27.5 Å². The third kappa shape index (κ3) is 3.39. The minimum Gasteiger partial charge on any atom is -0.347 e. The predicted molar refractivity (Wildman–Crippen MR) is 97.3 cm³/mol. The van der Waals surface area contributed by atoms with Crippen molar-refractivity contribution >= 4 is 38.4 Å². The highest BCUT2D eigenvalue weighted by atomic mass is 32.1. The molecule has 146 valence electrons. The quantitative estimate of drug-likeness (QED) is 0.522. The molecule has 0 unspecified atom stereocenters. The van der Waals surface area contributed by atoms with Crippen molar-refractivity contribution in [3.63, 3.8) is 0 Å². The molecule has 0 aliphatic carbocycles. The Labute approximate surface area is 161 Å². The third-order valence-electron chi connectivity index (χ3n) is 4.58. The van der Waals surface area contributed by atoms with Crippen LogP contribution in [0.15, 0.2) is 24.4 Å². The van der Waals surface area contributed by atoms with Crippen molar-refractivity contribution in [1.29, 1.82) is 0 Å². The number of hydrogen-bond acceptors (Lipinski definition) is 5. The molecule has 2 aromatic heterocycles. The Bertz CT molecular complexity index is 998. The van der Waals surface area contributed by atoms with E-state index in [2.05, 4.69) is 9.97 Å². The van der Waals surface area contributed by atoms with Crippen molar-refractivity contribution in [2.45, 2.75) is 12.8 Å². The van der Waals surface area contributed by atoms with Gasteiger partial charge in [0, 0.05) is 25.4 Å². The Hall–Kier alpha value is -2.75. The molecule has 1 amide bonds. The van der Waals surface area contributed by atoms with Gasteiger partial charge in [0.25, 0.3) is 0 Å². The van der Waals surface area contributed by atoms with Crippen LogP contribution in [-0.4, -0.2) is 29.0 Å². The normalized spacial score (nSPS) is 17.1. The number of fused-ring (bicyclic) bond motifs is 1. The SMILES string of the molecule is O=C(Nc1c(F)c(F)cc(F)c1F)[C@H]1CCCN(c2nc3cccnc3s2)C1. The zero-order valence-corrected chi connectivity index (χ0v) is 15.2. The second kappa shape index (κ2) is 7.34. The number of nitrogens with one attached hydrogen (secondary N) is 1.